The molecular weight excluding hydrogens is 65.0 g/mol. The second-order valence-corrected chi connectivity index (χ2v) is 0.987. The number of hydrogen-bond acceptors (Lipinski definition) is 1. The molecule has 0 radical (unpaired) electrons. The molecule has 0 rings (SSSR count). The van der Waals surface area contributed by atoms with Gasteiger partial charge in [0.1, 0.15) is 0 Å². The second-order valence-electron chi connectivity index (χ2n) is 0.540. The molecule has 0 spiro atoms. The van der Waals surface area contributed by atoms with Crippen molar-refractivity contribution in [2.45, 2.75) is 6.92 Å². The summed E-state index contributed by atoms with van der Waals surface area (Å²) in [4.78, 5) is 0. The zero-order valence-corrected chi connectivity index (χ0v) is 4.28. The molecule has 0 aromatic heterocycles. The van der Waals surface area contributed by atoms with Gasteiger partial charge in [-0.25, -0.2) is 0 Å². The van der Waals surface area contributed by atoms with Crippen molar-refractivity contribution in [3.05, 3.63) is 0 Å². The van der Waals surface area contributed by atoms with Crippen molar-refractivity contribution in [3.8, 4) is 0 Å². The fourth-order valence-electron chi connectivity index (χ4n) is 0. The zero-order valence-electron chi connectivity index (χ0n) is 2.86. The Morgan fingerprint density at radius 1 is 2.00 bits per heavy atom. The second kappa shape index (κ2) is 3.33. The summed E-state index contributed by atoms with van der Waals surface area (Å²) < 4.78 is 3.76. The first kappa shape index (κ1) is 4.33. The van der Waals surface area contributed by atoms with Crippen LogP contribution in [0.2, 0.25) is 0 Å². The van der Waals surface area contributed by atoms with Gasteiger partial charge in [0.15, 0.2) is 0 Å². The fraction of sp³-hybridized carbons (Fsp3) is 1.00. The third-order valence-corrected chi connectivity index (χ3v) is 0.671. The summed E-state index contributed by atoms with van der Waals surface area (Å²) in [6.45, 7) is 2.98. The van der Waals surface area contributed by atoms with Gasteiger partial charge in [-0.15, -0.1) is 0 Å². The third-order valence-electron chi connectivity index (χ3n) is 0.224. The summed E-state index contributed by atoms with van der Waals surface area (Å²) in [5.74, 6) is 0. The van der Waals surface area contributed by atoms with Crippen LogP contribution in [0.4, 0.5) is 0 Å². The van der Waals surface area contributed by atoms with Gasteiger partial charge >= 0.3 is 33.5 Å². The van der Waals surface area contributed by atoms with Crippen LogP contribution >= 0.6 is 0 Å². The van der Waals surface area contributed by atoms with E-state index in [9.17, 15) is 0 Å². The normalized spacial score (nSPS) is 6.00. The Morgan fingerprint density at radius 3 is 2.25 bits per heavy atom. The number of rotatable bonds is 1. The Kier molecular flexibility index (Phi) is 3.61. The molecule has 22 valence electrons. The molecule has 0 saturated carbocycles. The van der Waals surface area contributed by atoms with Gasteiger partial charge < -0.3 is 0 Å². The first-order valence-corrected chi connectivity index (χ1v) is 1.97. The molecule has 4 heavy (non-hydrogen) atoms. The molecule has 0 atom stereocenters. The molecule has 0 aliphatic heterocycles. The van der Waals surface area contributed by atoms with Crippen LogP contribution in [-0.2, 0) is 0 Å². The Balaban J connectivity index is 2.30. The summed E-state index contributed by atoms with van der Waals surface area (Å²) in [7, 11) is 0. The molecule has 0 aromatic rings. The maximum absolute atomic E-state index is 3.76. The van der Waals surface area contributed by atoms with Crippen molar-refractivity contribution < 1.29 is 0 Å². The molecule has 0 saturated heterocycles. The van der Waals surface area contributed by atoms with Crippen LogP contribution in [0.3, 0.4) is 0 Å². The average molecular weight is 71.1 g/mol. The zero-order chi connectivity index (χ0) is 3.41. The molecular formula is C2H6AlN. The van der Waals surface area contributed by atoms with Crippen molar-refractivity contribution in [1.82, 2.24) is 0 Å². The molecule has 0 unspecified atom stereocenters. The molecule has 0 aromatic carbocycles. The molecule has 0 aliphatic rings. The van der Waals surface area contributed by atoms with Crippen LogP contribution in [0.15, 0.2) is 3.93 Å². The van der Waals surface area contributed by atoms with Gasteiger partial charge in [0, 0.05) is 0 Å². The van der Waals surface area contributed by atoms with Gasteiger partial charge in [-0.05, 0) is 0 Å². The maximum atomic E-state index is 3.76. The van der Waals surface area contributed by atoms with Crippen LogP contribution in [-0.4, -0.2) is 22.6 Å². The number of nitrogens with zero attached hydrogens (tertiary/aromatic N) is 1. The third kappa shape index (κ3) is 2.33. The molecule has 0 aliphatic carbocycles. The predicted octanol–water partition coefficient (Wildman–Crippen LogP) is 0.0907. The van der Waals surface area contributed by atoms with Crippen molar-refractivity contribution in [1.29, 1.82) is 0 Å². The molecule has 0 N–H and O–H groups in total. The molecule has 2 heteroatoms. The minimum absolute atomic E-state index is 0.957. The fourth-order valence-corrected chi connectivity index (χ4v) is 0. The quantitative estimate of drug-likeness (QED) is 0.388. The van der Waals surface area contributed by atoms with E-state index < -0.39 is 0 Å². The SMILES string of the molecule is CC[N]=[AlH]. The van der Waals surface area contributed by atoms with E-state index >= 15 is 0 Å². The van der Waals surface area contributed by atoms with Crippen LogP contribution < -0.4 is 0 Å². The Hall–Kier alpha value is 0.332. The molecule has 1 nitrogen and oxygen atoms in total. The van der Waals surface area contributed by atoms with E-state index in [2.05, 4.69) is 3.93 Å². The molecule has 0 amide bonds. The minimum atomic E-state index is 0.957. The van der Waals surface area contributed by atoms with Crippen molar-refractivity contribution >= 4 is 16.1 Å². The molecule has 0 heterocycles. The summed E-state index contributed by atoms with van der Waals surface area (Å²) >= 11 is 1.65. The van der Waals surface area contributed by atoms with Gasteiger partial charge in [0.2, 0.25) is 0 Å². The van der Waals surface area contributed by atoms with Gasteiger partial charge in [-0.3, -0.25) is 0 Å². The van der Waals surface area contributed by atoms with E-state index in [4.69, 9.17) is 0 Å². The summed E-state index contributed by atoms with van der Waals surface area (Å²) in [5.41, 5.74) is 0. The topological polar surface area (TPSA) is 12.4 Å². The first-order chi connectivity index (χ1) is 1.91. The van der Waals surface area contributed by atoms with Crippen LogP contribution in [0.5, 0.6) is 0 Å². The molecule has 0 bridgehead atoms. The monoisotopic (exact) mass is 71.0 g/mol. The van der Waals surface area contributed by atoms with E-state index in [0.29, 0.717) is 0 Å². The average Bonchev–Trinajstić information content (AvgIpc) is 1.37. The van der Waals surface area contributed by atoms with Gasteiger partial charge in [-0.1, -0.05) is 0 Å². The Morgan fingerprint density at radius 2 is 2.25 bits per heavy atom. The van der Waals surface area contributed by atoms with Crippen molar-refractivity contribution in [2.24, 2.45) is 3.93 Å². The van der Waals surface area contributed by atoms with Crippen LogP contribution in [0, 0.1) is 0 Å². The van der Waals surface area contributed by atoms with Crippen molar-refractivity contribution in [3.63, 3.8) is 0 Å². The summed E-state index contributed by atoms with van der Waals surface area (Å²) in [6.07, 6.45) is 0. The van der Waals surface area contributed by atoms with Crippen LogP contribution in [0.1, 0.15) is 6.92 Å². The van der Waals surface area contributed by atoms with Crippen molar-refractivity contribution in [2.75, 3.05) is 6.54 Å². The van der Waals surface area contributed by atoms with E-state index in [1.165, 1.54) is 0 Å². The standard InChI is InChI=1S/C2H5N.Al.H/c1-2-3;;/h2H2,1H3;;. The number of hydrogen-bond donors (Lipinski definition) is 0. The van der Waals surface area contributed by atoms with Gasteiger partial charge in [0.05, 0.1) is 0 Å². The Labute approximate surface area is 34.2 Å². The van der Waals surface area contributed by atoms with E-state index in [0.717, 1.165) is 6.54 Å². The summed E-state index contributed by atoms with van der Waals surface area (Å²) in [5, 5.41) is 0. The van der Waals surface area contributed by atoms with Gasteiger partial charge in [-0.2, -0.15) is 0 Å². The summed E-state index contributed by atoms with van der Waals surface area (Å²) in [6, 6.07) is 0. The van der Waals surface area contributed by atoms with Gasteiger partial charge in [0.25, 0.3) is 0 Å². The van der Waals surface area contributed by atoms with E-state index in [1.54, 1.807) is 16.1 Å². The predicted molar refractivity (Wildman–Crippen MR) is 20.1 cm³/mol. The Bertz CT molecular complexity index is 20.0. The van der Waals surface area contributed by atoms with E-state index in [1.807, 2.05) is 6.92 Å². The van der Waals surface area contributed by atoms with E-state index in [-0.39, 0.29) is 0 Å². The molecule has 0 fully saturated rings. The van der Waals surface area contributed by atoms with Crippen LogP contribution in [0.25, 0.3) is 0 Å². The first-order valence-electron chi connectivity index (χ1n) is 1.34.